The van der Waals surface area contributed by atoms with Gasteiger partial charge in [-0.25, -0.2) is 0 Å². The van der Waals surface area contributed by atoms with Gasteiger partial charge in [0.25, 0.3) is 0 Å². The highest BCUT2D eigenvalue weighted by Crippen LogP contribution is 2.38. The monoisotopic (exact) mass is 277 g/mol. The van der Waals surface area contributed by atoms with Crippen LogP contribution in [-0.2, 0) is 0 Å². The first-order valence-electron chi connectivity index (χ1n) is 8.32. The van der Waals surface area contributed by atoms with E-state index >= 15 is 0 Å². The van der Waals surface area contributed by atoms with Gasteiger partial charge in [0.1, 0.15) is 0 Å². The van der Waals surface area contributed by atoms with Gasteiger partial charge in [0.15, 0.2) is 5.82 Å². The summed E-state index contributed by atoms with van der Waals surface area (Å²) < 4.78 is 5.59. The van der Waals surface area contributed by atoms with Crippen LogP contribution in [0.5, 0.6) is 0 Å². The van der Waals surface area contributed by atoms with Crippen molar-refractivity contribution in [1.29, 1.82) is 0 Å². The highest BCUT2D eigenvalue weighted by molar-refractivity contribution is 5.05. The van der Waals surface area contributed by atoms with Crippen molar-refractivity contribution in [3.8, 4) is 0 Å². The Hall–Kier alpha value is -0.900. The Labute approximate surface area is 121 Å². The molecule has 2 aliphatic rings. The minimum Gasteiger partial charge on any atom is -0.339 e. The van der Waals surface area contributed by atoms with Gasteiger partial charge >= 0.3 is 0 Å². The highest BCUT2D eigenvalue weighted by Gasteiger charge is 2.33. The molecule has 0 spiro atoms. The Balaban J connectivity index is 1.65. The second-order valence-electron chi connectivity index (χ2n) is 6.55. The molecule has 2 aliphatic carbocycles. The van der Waals surface area contributed by atoms with Crippen LogP contribution in [-0.4, -0.2) is 23.2 Å². The van der Waals surface area contributed by atoms with E-state index in [4.69, 9.17) is 9.51 Å². The molecule has 1 aromatic rings. The lowest BCUT2D eigenvalue weighted by atomic mass is 9.80. The molecule has 0 amide bonds. The molecule has 0 saturated heterocycles. The standard InChI is InChI=1S/C16H27N3O/c1-3-11-7-9-12(10-8-11)15-18-16(20-19-15)13-5-4-6-14(13)17-2/h11-14,17H,3-10H2,1-2H3. The van der Waals surface area contributed by atoms with Crippen LogP contribution < -0.4 is 5.32 Å². The molecule has 2 fully saturated rings. The average molecular weight is 277 g/mol. The van der Waals surface area contributed by atoms with Crippen LogP contribution in [0.1, 0.15) is 81.8 Å². The number of nitrogens with one attached hydrogen (secondary N) is 1. The van der Waals surface area contributed by atoms with Crippen molar-refractivity contribution in [2.24, 2.45) is 5.92 Å². The van der Waals surface area contributed by atoms with E-state index in [0.29, 0.717) is 17.9 Å². The van der Waals surface area contributed by atoms with E-state index in [-0.39, 0.29) is 0 Å². The molecule has 1 N–H and O–H groups in total. The Morgan fingerprint density at radius 1 is 1.15 bits per heavy atom. The fourth-order valence-corrected chi connectivity index (χ4v) is 3.99. The van der Waals surface area contributed by atoms with Gasteiger partial charge < -0.3 is 9.84 Å². The first kappa shape index (κ1) is 14.1. The SMILES string of the molecule is CCC1CCC(c2noc(C3CCCC3NC)n2)CC1. The fraction of sp³-hybridized carbons (Fsp3) is 0.875. The molecule has 2 unspecified atom stereocenters. The maximum absolute atomic E-state index is 5.59. The van der Waals surface area contributed by atoms with Gasteiger partial charge in [-0.3, -0.25) is 0 Å². The summed E-state index contributed by atoms with van der Waals surface area (Å²) in [4.78, 5) is 4.75. The van der Waals surface area contributed by atoms with Crippen LogP contribution in [0.25, 0.3) is 0 Å². The molecule has 112 valence electrons. The van der Waals surface area contributed by atoms with Crippen molar-refractivity contribution in [2.45, 2.75) is 76.2 Å². The van der Waals surface area contributed by atoms with Crippen molar-refractivity contribution in [1.82, 2.24) is 15.5 Å². The molecule has 0 aliphatic heterocycles. The first-order chi connectivity index (χ1) is 9.81. The third-order valence-corrected chi connectivity index (χ3v) is 5.45. The average Bonchev–Trinajstić information content (AvgIpc) is 3.15. The summed E-state index contributed by atoms with van der Waals surface area (Å²) in [6.07, 6.45) is 10.1. The Morgan fingerprint density at radius 2 is 1.95 bits per heavy atom. The Kier molecular flexibility index (Phi) is 4.39. The number of hydrogen-bond acceptors (Lipinski definition) is 4. The number of rotatable bonds is 4. The van der Waals surface area contributed by atoms with Crippen molar-refractivity contribution in [2.75, 3.05) is 7.05 Å². The maximum atomic E-state index is 5.59. The normalized spacial score (nSPS) is 34.5. The summed E-state index contributed by atoms with van der Waals surface area (Å²) in [7, 11) is 2.03. The lowest BCUT2D eigenvalue weighted by Gasteiger charge is -2.25. The van der Waals surface area contributed by atoms with Gasteiger partial charge in [-0.2, -0.15) is 4.98 Å². The molecule has 0 aromatic carbocycles. The van der Waals surface area contributed by atoms with Crippen LogP contribution in [0.15, 0.2) is 4.52 Å². The van der Waals surface area contributed by atoms with E-state index < -0.39 is 0 Å². The predicted molar refractivity (Wildman–Crippen MR) is 78.7 cm³/mol. The van der Waals surface area contributed by atoms with Crippen LogP contribution in [0.4, 0.5) is 0 Å². The lowest BCUT2D eigenvalue weighted by Crippen LogP contribution is -2.27. The molecule has 20 heavy (non-hydrogen) atoms. The zero-order valence-electron chi connectivity index (χ0n) is 12.8. The third-order valence-electron chi connectivity index (χ3n) is 5.45. The van der Waals surface area contributed by atoms with Crippen LogP contribution in [0.3, 0.4) is 0 Å². The van der Waals surface area contributed by atoms with Crippen molar-refractivity contribution >= 4 is 0 Å². The quantitative estimate of drug-likeness (QED) is 0.913. The van der Waals surface area contributed by atoms with Gasteiger partial charge in [0, 0.05) is 12.0 Å². The fourth-order valence-electron chi connectivity index (χ4n) is 3.99. The molecule has 0 radical (unpaired) electrons. The predicted octanol–water partition coefficient (Wildman–Crippen LogP) is 3.61. The van der Waals surface area contributed by atoms with E-state index in [2.05, 4.69) is 17.4 Å². The summed E-state index contributed by atoms with van der Waals surface area (Å²) in [6.45, 7) is 2.30. The van der Waals surface area contributed by atoms with E-state index in [0.717, 1.165) is 17.6 Å². The Morgan fingerprint density at radius 3 is 2.65 bits per heavy atom. The molecule has 2 saturated carbocycles. The van der Waals surface area contributed by atoms with Crippen LogP contribution in [0.2, 0.25) is 0 Å². The number of likely N-dealkylation sites (N-methyl/N-ethyl adjacent to an activating group) is 1. The number of hydrogen-bond donors (Lipinski definition) is 1. The highest BCUT2D eigenvalue weighted by atomic mass is 16.5. The Bertz CT molecular complexity index is 423. The van der Waals surface area contributed by atoms with E-state index in [1.54, 1.807) is 0 Å². The molecule has 2 atom stereocenters. The van der Waals surface area contributed by atoms with Gasteiger partial charge in [-0.15, -0.1) is 0 Å². The molecule has 3 rings (SSSR count). The van der Waals surface area contributed by atoms with E-state index in [9.17, 15) is 0 Å². The van der Waals surface area contributed by atoms with Gasteiger partial charge in [0.05, 0.1) is 5.92 Å². The zero-order chi connectivity index (χ0) is 13.9. The molecular formula is C16H27N3O. The number of aromatic nitrogens is 2. The number of nitrogens with zero attached hydrogens (tertiary/aromatic N) is 2. The third kappa shape index (κ3) is 2.76. The largest absolute Gasteiger partial charge is 0.339 e. The van der Waals surface area contributed by atoms with E-state index in [1.165, 1.54) is 51.4 Å². The maximum Gasteiger partial charge on any atom is 0.231 e. The molecule has 4 nitrogen and oxygen atoms in total. The van der Waals surface area contributed by atoms with Crippen LogP contribution in [0, 0.1) is 5.92 Å². The summed E-state index contributed by atoms with van der Waals surface area (Å²) in [6, 6.07) is 0.513. The lowest BCUT2D eigenvalue weighted by molar-refractivity contribution is 0.299. The molecule has 4 heteroatoms. The molecule has 0 bridgehead atoms. The summed E-state index contributed by atoms with van der Waals surface area (Å²) in [5.41, 5.74) is 0. The molecule has 1 heterocycles. The van der Waals surface area contributed by atoms with Crippen LogP contribution >= 0.6 is 0 Å². The van der Waals surface area contributed by atoms with Crippen molar-refractivity contribution < 1.29 is 4.52 Å². The first-order valence-corrected chi connectivity index (χ1v) is 8.32. The second-order valence-corrected chi connectivity index (χ2v) is 6.55. The van der Waals surface area contributed by atoms with Gasteiger partial charge in [0.2, 0.25) is 5.89 Å². The minimum absolute atomic E-state index is 0.424. The summed E-state index contributed by atoms with van der Waals surface area (Å²) in [5.74, 6) is 3.71. The van der Waals surface area contributed by atoms with E-state index in [1.807, 2.05) is 7.05 Å². The van der Waals surface area contributed by atoms with Crippen molar-refractivity contribution in [3.63, 3.8) is 0 Å². The van der Waals surface area contributed by atoms with Gasteiger partial charge in [-0.05, 0) is 51.5 Å². The van der Waals surface area contributed by atoms with Gasteiger partial charge in [-0.1, -0.05) is 24.9 Å². The zero-order valence-corrected chi connectivity index (χ0v) is 12.8. The smallest absolute Gasteiger partial charge is 0.231 e. The molecular weight excluding hydrogens is 250 g/mol. The second kappa shape index (κ2) is 6.25. The minimum atomic E-state index is 0.424. The van der Waals surface area contributed by atoms with Crippen molar-refractivity contribution in [3.05, 3.63) is 11.7 Å². The summed E-state index contributed by atoms with van der Waals surface area (Å²) in [5, 5.41) is 7.68. The molecule has 1 aromatic heterocycles. The topological polar surface area (TPSA) is 51.0 Å². The summed E-state index contributed by atoms with van der Waals surface area (Å²) >= 11 is 0.